The molecule has 0 bridgehead atoms. The standard InChI is InChI=1S/C16H23FN2O2/c1-3-21-15(20)16(2,14-10-9-12(17)11-18-14)19-13-7-5-4-6-8-13/h9-11,13,19H,3-8H2,1-2H3. The van der Waals surface area contributed by atoms with Gasteiger partial charge in [0.2, 0.25) is 0 Å². The van der Waals surface area contributed by atoms with Crippen molar-refractivity contribution >= 4 is 5.97 Å². The van der Waals surface area contributed by atoms with Gasteiger partial charge in [-0.05, 0) is 38.8 Å². The number of pyridine rings is 1. The summed E-state index contributed by atoms with van der Waals surface area (Å²) in [6.07, 6.45) is 6.77. The van der Waals surface area contributed by atoms with E-state index in [2.05, 4.69) is 10.3 Å². The van der Waals surface area contributed by atoms with Gasteiger partial charge in [-0.1, -0.05) is 19.3 Å². The summed E-state index contributed by atoms with van der Waals surface area (Å²) in [6.45, 7) is 3.85. The lowest BCUT2D eigenvalue weighted by molar-refractivity contribution is -0.151. The van der Waals surface area contributed by atoms with Gasteiger partial charge in [-0.25, -0.2) is 9.18 Å². The predicted molar refractivity (Wildman–Crippen MR) is 78.2 cm³/mol. The van der Waals surface area contributed by atoms with Gasteiger partial charge in [0, 0.05) is 6.04 Å². The highest BCUT2D eigenvalue weighted by molar-refractivity contribution is 5.81. The molecule has 0 saturated heterocycles. The van der Waals surface area contributed by atoms with E-state index >= 15 is 0 Å². The molecular formula is C16H23FN2O2. The van der Waals surface area contributed by atoms with Crippen LogP contribution in [0.3, 0.4) is 0 Å². The molecule has 1 N–H and O–H groups in total. The van der Waals surface area contributed by atoms with Crippen molar-refractivity contribution in [3.63, 3.8) is 0 Å². The molecule has 0 spiro atoms. The molecule has 0 radical (unpaired) electrons. The summed E-state index contributed by atoms with van der Waals surface area (Å²) < 4.78 is 18.3. The minimum absolute atomic E-state index is 0.264. The summed E-state index contributed by atoms with van der Waals surface area (Å²) in [4.78, 5) is 16.5. The SMILES string of the molecule is CCOC(=O)C(C)(NC1CCCCC1)c1ccc(F)cn1. The normalized spacial score (nSPS) is 19.0. The predicted octanol–water partition coefficient (Wildman–Crippen LogP) is 2.92. The maximum absolute atomic E-state index is 13.1. The lowest BCUT2D eigenvalue weighted by Gasteiger charge is -2.34. The summed E-state index contributed by atoms with van der Waals surface area (Å²) in [5, 5.41) is 3.39. The van der Waals surface area contributed by atoms with Gasteiger partial charge >= 0.3 is 5.97 Å². The molecule has 1 unspecified atom stereocenters. The van der Waals surface area contributed by atoms with Crippen LogP contribution in [0.4, 0.5) is 4.39 Å². The highest BCUT2D eigenvalue weighted by Gasteiger charge is 2.40. The number of ether oxygens (including phenoxy) is 1. The van der Waals surface area contributed by atoms with Crippen molar-refractivity contribution in [2.24, 2.45) is 0 Å². The van der Waals surface area contributed by atoms with Crippen LogP contribution in [0.2, 0.25) is 0 Å². The Morgan fingerprint density at radius 1 is 1.43 bits per heavy atom. The number of nitrogens with zero attached hydrogens (tertiary/aromatic N) is 1. The Morgan fingerprint density at radius 2 is 2.14 bits per heavy atom. The molecule has 0 aromatic carbocycles. The van der Waals surface area contributed by atoms with Crippen LogP contribution in [0.1, 0.15) is 51.6 Å². The quantitative estimate of drug-likeness (QED) is 0.848. The van der Waals surface area contributed by atoms with Gasteiger partial charge in [0.25, 0.3) is 0 Å². The number of halogens is 1. The molecule has 1 aromatic heterocycles. The van der Waals surface area contributed by atoms with E-state index in [1.165, 1.54) is 12.5 Å². The maximum atomic E-state index is 13.1. The van der Waals surface area contributed by atoms with Crippen LogP contribution in [0.15, 0.2) is 18.3 Å². The number of esters is 1. The maximum Gasteiger partial charge on any atom is 0.332 e. The van der Waals surface area contributed by atoms with Crippen LogP contribution in [-0.2, 0) is 15.1 Å². The molecule has 2 rings (SSSR count). The Hall–Kier alpha value is -1.49. The van der Waals surface area contributed by atoms with Crippen molar-refractivity contribution in [2.75, 3.05) is 6.61 Å². The second-order valence-corrected chi connectivity index (χ2v) is 5.69. The first kappa shape index (κ1) is 15.9. The zero-order valence-corrected chi connectivity index (χ0v) is 12.7. The third kappa shape index (κ3) is 3.79. The van der Waals surface area contributed by atoms with Crippen molar-refractivity contribution in [1.82, 2.24) is 10.3 Å². The first-order valence-corrected chi connectivity index (χ1v) is 7.63. The zero-order valence-electron chi connectivity index (χ0n) is 12.7. The first-order chi connectivity index (χ1) is 10.1. The van der Waals surface area contributed by atoms with Crippen LogP contribution < -0.4 is 5.32 Å². The smallest absolute Gasteiger partial charge is 0.332 e. The highest BCUT2D eigenvalue weighted by atomic mass is 19.1. The van der Waals surface area contributed by atoms with Crippen LogP contribution in [0.25, 0.3) is 0 Å². The lowest BCUT2D eigenvalue weighted by Crippen LogP contribution is -2.53. The van der Waals surface area contributed by atoms with E-state index in [0.717, 1.165) is 31.9 Å². The molecule has 1 heterocycles. The number of hydrogen-bond donors (Lipinski definition) is 1. The van der Waals surface area contributed by atoms with E-state index in [1.54, 1.807) is 19.9 Å². The molecule has 5 heteroatoms. The van der Waals surface area contributed by atoms with Crippen molar-refractivity contribution in [2.45, 2.75) is 57.5 Å². The Balaban J connectivity index is 2.24. The molecule has 1 aliphatic rings. The average molecular weight is 294 g/mol. The van der Waals surface area contributed by atoms with Crippen LogP contribution in [0, 0.1) is 5.82 Å². The molecule has 1 saturated carbocycles. The summed E-state index contributed by atoms with van der Waals surface area (Å²) in [6, 6.07) is 3.13. The number of aromatic nitrogens is 1. The fourth-order valence-electron chi connectivity index (χ4n) is 2.84. The Kier molecular flexibility index (Phi) is 5.28. The van der Waals surface area contributed by atoms with E-state index in [9.17, 15) is 9.18 Å². The number of nitrogens with one attached hydrogen (secondary N) is 1. The third-order valence-corrected chi connectivity index (χ3v) is 4.02. The molecule has 21 heavy (non-hydrogen) atoms. The fraction of sp³-hybridized carbons (Fsp3) is 0.625. The van der Waals surface area contributed by atoms with Crippen LogP contribution >= 0.6 is 0 Å². The number of carbonyl (C=O) groups excluding carboxylic acids is 1. The minimum Gasteiger partial charge on any atom is -0.464 e. The summed E-state index contributed by atoms with van der Waals surface area (Å²) in [7, 11) is 0. The topological polar surface area (TPSA) is 51.2 Å². The summed E-state index contributed by atoms with van der Waals surface area (Å²) in [5.41, 5.74) is -0.543. The summed E-state index contributed by atoms with van der Waals surface area (Å²) >= 11 is 0. The van der Waals surface area contributed by atoms with Gasteiger partial charge in [0.1, 0.15) is 5.82 Å². The Labute approximate surface area is 125 Å². The Morgan fingerprint density at radius 3 is 2.71 bits per heavy atom. The van der Waals surface area contributed by atoms with Gasteiger partial charge in [0.05, 0.1) is 18.5 Å². The molecule has 0 amide bonds. The van der Waals surface area contributed by atoms with E-state index in [0.29, 0.717) is 12.3 Å². The van der Waals surface area contributed by atoms with Gasteiger partial charge in [-0.15, -0.1) is 0 Å². The highest BCUT2D eigenvalue weighted by Crippen LogP contribution is 2.26. The molecule has 1 aliphatic carbocycles. The Bertz CT molecular complexity index is 472. The molecular weight excluding hydrogens is 271 g/mol. The van der Waals surface area contributed by atoms with Crippen molar-refractivity contribution in [3.05, 3.63) is 29.8 Å². The van der Waals surface area contributed by atoms with Crippen molar-refractivity contribution < 1.29 is 13.9 Å². The van der Waals surface area contributed by atoms with E-state index in [1.807, 2.05) is 0 Å². The average Bonchev–Trinajstić information content (AvgIpc) is 2.49. The van der Waals surface area contributed by atoms with Crippen molar-refractivity contribution in [1.29, 1.82) is 0 Å². The van der Waals surface area contributed by atoms with E-state index < -0.39 is 11.4 Å². The second kappa shape index (κ2) is 6.98. The molecule has 1 aromatic rings. The van der Waals surface area contributed by atoms with E-state index in [4.69, 9.17) is 4.74 Å². The number of rotatable bonds is 5. The van der Waals surface area contributed by atoms with Gasteiger partial charge < -0.3 is 4.74 Å². The molecule has 1 fully saturated rings. The molecule has 1 atom stereocenters. The molecule has 0 aliphatic heterocycles. The van der Waals surface area contributed by atoms with Crippen LogP contribution in [0.5, 0.6) is 0 Å². The largest absolute Gasteiger partial charge is 0.464 e. The summed E-state index contributed by atoms with van der Waals surface area (Å²) in [5.74, 6) is -0.780. The number of carbonyl (C=O) groups is 1. The minimum atomic E-state index is -1.04. The first-order valence-electron chi connectivity index (χ1n) is 7.63. The van der Waals surface area contributed by atoms with Gasteiger partial charge in [-0.3, -0.25) is 10.3 Å². The van der Waals surface area contributed by atoms with Crippen molar-refractivity contribution in [3.8, 4) is 0 Å². The van der Waals surface area contributed by atoms with Crippen LogP contribution in [-0.4, -0.2) is 23.6 Å². The number of hydrogen-bond acceptors (Lipinski definition) is 4. The zero-order chi connectivity index (χ0) is 15.3. The second-order valence-electron chi connectivity index (χ2n) is 5.69. The molecule has 4 nitrogen and oxygen atoms in total. The lowest BCUT2D eigenvalue weighted by atomic mass is 9.90. The molecule has 116 valence electrons. The fourth-order valence-corrected chi connectivity index (χ4v) is 2.84. The van der Waals surface area contributed by atoms with Gasteiger partial charge in [-0.2, -0.15) is 0 Å². The van der Waals surface area contributed by atoms with Gasteiger partial charge in [0.15, 0.2) is 5.54 Å². The third-order valence-electron chi connectivity index (χ3n) is 4.02. The van der Waals surface area contributed by atoms with E-state index in [-0.39, 0.29) is 12.0 Å². The monoisotopic (exact) mass is 294 g/mol.